The molecule has 0 spiro atoms. The number of benzene rings is 1. The molecule has 29 heavy (non-hydrogen) atoms. The van der Waals surface area contributed by atoms with Crippen LogP contribution in [0.3, 0.4) is 0 Å². The van der Waals surface area contributed by atoms with E-state index in [4.69, 9.17) is 0 Å². The molecule has 0 aliphatic heterocycles. The highest BCUT2D eigenvalue weighted by Crippen LogP contribution is 2.31. The van der Waals surface area contributed by atoms with Gasteiger partial charge in [-0.15, -0.1) is 0 Å². The predicted molar refractivity (Wildman–Crippen MR) is 122 cm³/mol. The number of nitrogens with one attached hydrogen (secondary N) is 1. The summed E-state index contributed by atoms with van der Waals surface area (Å²) in [5.41, 5.74) is 4.39. The summed E-state index contributed by atoms with van der Waals surface area (Å²) in [4.78, 5) is 0. The van der Waals surface area contributed by atoms with Gasteiger partial charge in [0.1, 0.15) is 0 Å². The van der Waals surface area contributed by atoms with Gasteiger partial charge in [-0.3, -0.25) is 0 Å². The summed E-state index contributed by atoms with van der Waals surface area (Å²) < 4.78 is 29.5. The van der Waals surface area contributed by atoms with E-state index in [2.05, 4.69) is 39.6 Å². The summed E-state index contributed by atoms with van der Waals surface area (Å²) in [6.45, 7) is 15.5. The molecule has 0 aliphatic rings. The van der Waals surface area contributed by atoms with E-state index in [1.165, 1.54) is 18.4 Å². The van der Waals surface area contributed by atoms with Gasteiger partial charge in [-0.25, -0.2) is 8.78 Å². The standard InChI is InChI=1S/C26H41F2N/c1-18(2)20(5)21(6)24(19(3)4)17-23-15-14-22(25(27)26(23)28)13-11-9-8-10-12-16-29-7/h14-15,19,24,29H,1,8-13,16-17H2,2-7H3/b21-20-. The zero-order valence-corrected chi connectivity index (χ0v) is 19.4. The van der Waals surface area contributed by atoms with E-state index in [-0.39, 0.29) is 5.92 Å². The highest BCUT2D eigenvalue weighted by atomic mass is 19.2. The van der Waals surface area contributed by atoms with Crippen LogP contribution in [0.4, 0.5) is 8.78 Å². The quantitative estimate of drug-likeness (QED) is 0.266. The van der Waals surface area contributed by atoms with Crippen molar-refractivity contribution in [3.05, 3.63) is 58.2 Å². The Morgan fingerprint density at radius 1 is 0.931 bits per heavy atom. The average Bonchev–Trinajstić information content (AvgIpc) is 2.68. The second-order valence-electron chi connectivity index (χ2n) is 8.78. The summed E-state index contributed by atoms with van der Waals surface area (Å²) in [6.07, 6.45) is 6.59. The normalized spacial score (nSPS) is 13.6. The molecule has 0 aromatic heterocycles. The van der Waals surface area contributed by atoms with Gasteiger partial charge in [0.15, 0.2) is 11.6 Å². The average molecular weight is 406 g/mol. The van der Waals surface area contributed by atoms with Crippen LogP contribution in [0.5, 0.6) is 0 Å². The van der Waals surface area contributed by atoms with Gasteiger partial charge in [0.2, 0.25) is 0 Å². The fourth-order valence-corrected chi connectivity index (χ4v) is 3.87. The molecule has 1 nitrogen and oxygen atoms in total. The first kappa shape index (κ1) is 25.6. The maximum absolute atomic E-state index is 14.8. The Bertz CT molecular complexity index is 688. The lowest BCUT2D eigenvalue weighted by molar-refractivity contribution is 0.420. The maximum atomic E-state index is 14.8. The minimum Gasteiger partial charge on any atom is -0.320 e. The van der Waals surface area contributed by atoms with Crippen molar-refractivity contribution in [2.24, 2.45) is 11.8 Å². The predicted octanol–water partition coefficient (Wildman–Crippen LogP) is 7.40. The van der Waals surface area contributed by atoms with Crippen LogP contribution in [0.15, 0.2) is 35.4 Å². The van der Waals surface area contributed by atoms with E-state index in [0.29, 0.717) is 29.9 Å². The van der Waals surface area contributed by atoms with Crippen LogP contribution in [0.25, 0.3) is 0 Å². The van der Waals surface area contributed by atoms with Gasteiger partial charge in [-0.1, -0.05) is 63.0 Å². The molecule has 0 fully saturated rings. The SMILES string of the molecule is C=C(C)/C(C)=C(/C)C(Cc1ccc(CCCCCCCNC)c(F)c1F)C(C)C. The fourth-order valence-electron chi connectivity index (χ4n) is 3.87. The van der Waals surface area contributed by atoms with Gasteiger partial charge in [0.25, 0.3) is 0 Å². The Labute approximate surface area is 177 Å². The van der Waals surface area contributed by atoms with Crippen LogP contribution in [0, 0.1) is 23.5 Å². The van der Waals surface area contributed by atoms with Gasteiger partial charge >= 0.3 is 0 Å². The number of hydrogen-bond acceptors (Lipinski definition) is 1. The first-order valence-corrected chi connectivity index (χ1v) is 11.1. The van der Waals surface area contributed by atoms with Crippen molar-refractivity contribution < 1.29 is 8.78 Å². The van der Waals surface area contributed by atoms with Crippen LogP contribution in [0.2, 0.25) is 0 Å². The molecule has 0 radical (unpaired) electrons. The molecule has 1 aromatic rings. The summed E-state index contributed by atoms with van der Waals surface area (Å²) in [5, 5.41) is 3.14. The van der Waals surface area contributed by atoms with Crippen LogP contribution in [-0.4, -0.2) is 13.6 Å². The van der Waals surface area contributed by atoms with Crippen LogP contribution < -0.4 is 5.32 Å². The van der Waals surface area contributed by atoms with Gasteiger partial charge in [-0.2, -0.15) is 0 Å². The third kappa shape index (κ3) is 8.04. The lowest BCUT2D eigenvalue weighted by Crippen LogP contribution is -2.16. The number of hydrogen-bond donors (Lipinski definition) is 1. The van der Waals surface area contributed by atoms with Crippen molar-refractivity contribution in [3.8, 4) is 0 Å². The van der Waals surface area contributed by atoms with Gasteiger partial charge in [0, 0.05) is 0 Å². The van der Waals surface area contributed by atoms with Gasteiger partial charge in [-0.05, 0) is 88.6 Å². The lowest BCUT2D eigenvalue weighted by Gasteiger charge is -2.25. The zero-order valence-electron chi connectivity index (χ0n) is 19.4. The Kier molecular flexibility index (Phi) is 11.4. The molecule has 0 aliphatic carbocycles. The number of aryl methyl sites for hydroxylation is 1. The Balaban J connectivity index is 2.80. The van der Waals surface area contributed by atoms with Gasteiger partial charge in [0.05, 0.1) is 0 Å². The van der Waals surface area contributed by atoms with Crippen molar-refractivity contribution in [2.45, 2.75) is 79.6 Å². The van der Waals surface area contributed by atoms with Crippen LogP contribution >= 0.6 is 0 Å². The largest absolute Gasteiger partial charge is 0.320 e. The summed E-state index contributed by atoms with van der Waals surface area (Å²) in [5.74, 6) is -0.806. The minimum absolute atomic E-state index is 0.170. The smallest absolute Gasteiger partial charge is 0.162 e. The highest BCUT2D eigenvalue weighted by Gasteiger charge is 2.22. The number of unbranched alkanes of at least 4 members (excludes halogenated alkanes) is 4. The van der Waals surface area contributed by atoms with Crippen LogP contribution in [-0.2, 0) is 12.8 Å². The molecule has 1 N–H and O–H groups in total. The third-order valence-electron chi connectivity index (χ3n) is 6.15. The topological polar surface area (TPSA) is 12.0 Å². The van der Waals surface area contributed by atoms with Crippen molar-refractivity contribution in [1.29, 1.82) is 0 Å². The molecule has 0 saturated carbocycles. The first-order valence-electron chi connectivity index (χ1n) is 11.1. The zero-order chi connectivity index (χ0) is 22.0. The number of rotatable bonds is 13. The van der Waals surface area contributed by atoms with Crippen molar-refractivity contribution in [1.82, 2.24) is 5.32 Å². The monoisotopic (exact) mass is 405 g/mol. The third-order valence-corrected chi connectivity index (χ3v) is 6.15. The van der Waals surface area contributed by atoms with Crippen molar-refractivity contribution in [2.75, 3.05) is 13.6 Å². The molecule has 1 atom stereocenters. The first-order chi connectivity index (χ1) is 13.7. The summed E-state index contributed by atoms with van der Waals surface area (Å²) in [7, 11) is 1.96. The van der Waals surface area contributed by atoms with E-state index in [1.807, 2.05) is 14.0 Å². The minimum atomic E-state index is -0.664. The van der Waals surface area contributed by atoms with Crippen molar-refractivity contribution >= 4 is 0 Å². The molecule has 3 heteroatoms. The summed E-state index contributed by atoms with van der Waals surface area (Å²) >= 11 is 0. The second-order valence-corrected chi connectivity index (χ2v) is 8.78. The molecule has 0 amide bonds. The molecule has 0 heterocycles. The van der Waals surface area contributed by atoms with Crippen LogP contribution in [0.1, 0.15) is 77.8 Å². The molecular formula is C26H41F2N. The molecule has 1 aromatic carbocycles. The molecule has 1 unspecified atom stereocenters. The molecular weight excluding hydrogens is 364 g/mol. The Morgan fingerprint density at radius 3 is 2.07 bits per heavy atom. The van der Waals surface area contributed by atoms with E-state index >= 15 is 0 Å². The maximum Gasteiger partial charge on any atom is 0.162 e. The highest BCUT2D eigenvalue weighted by molar-refractivity contribution is 5.33. The summed E-state index contributed by atoms with van der Waals surface area (Å²) in [6, 6.07) is 3.58. The van der Waals surface area contributed by atoms with E-state index in [9.17, 15) is 8.78 Å². The molecule has 164 valence electrons. The number of halogens is 2. The molecule has 0 saturated heterocycles. The Morgan fingerprint density at radius 2 is 1.48 bits per heavy atom. The van der Waals surface area contributed by atoms with E-state index < -0.39 is 11.6 Å². The Hall–Kier alpha value is -1.48. The number of allylic oxidation sites excluding steroid dienone is 3. The van der Waals surface area contributed by atoms with Gasteiger partial charge < -0.3 is 5.32 Å². The van der Waals surface area contributed by atoms with E-state index in [1.54, 1.807) is 12.1 Å². The molecule has 0 bridgehead atoms. The lowest BCUT2D eigenvalue weighted by atomic mass is 9.80. The fraction of sp³-hybridized carbons (Fsp3) is 0.615. The van der Waals surface area contributed by atoms with E-state index in [0.717, 1.165) is 37.0 Å². The second kappa shape index (κ2) is 13.0. The molecule has 1 rings (SSSR count). The van der Waals surface area contributed by atoms with Crippen molar-refractivity contribution in [3.63, 3.8) is 0 Å².